The van der Waals surface area contributed by atoms with E-state index in [9.17, 15) is 18.5 Å². The second-order valence-electron chi connectivity index (χ2n) is 5.08. The topological polar surface area (TPSA) is 99.0 Å². The van der Waals surface area contributed by atoms with E-state index in [0.29, 0.717) is 5.75 Å². The molecule has 140 valence electrons. The van der Waals surface area contributed by atoms with Gasteiger partial charge in [0, 0.05) is 30.8 Å². The Hall–Kier alpha value is -2.52. The predicted octanol–water partition coefficient (Wildman–Crippen LogP) is 3.48. The summed E-state index contributed by atoms with van der Waals surface area (Å²) in [5.74, 6) is 0.544. The first-order valence-electron chi connectivity index (χ1n) is 7.45. The fourth-order valence-corrected chi connectivity index (χ4v) is 4.08. The number of benzene rings is 2. The first-order chi connectivity index (χ1) is 12.3. The molecule has 0 bridgehead atoms. The molecule has 8 nitrogen and oxygen atoms in total. The molecule has 0 aliphatic carbocycles. The van der Waals surface area contributed by atoms with Crippen LogP contribution in [0.3, 0.4) is 0 Å². The number of non-ortho nitro benzene ring substituents is 1. The smallest absolute Gasteiger partial charge is 0.269 e. The summed E-state index contributed by atoms with van der Waals surface area (Å²) in [6.45, 7) is 1.75. The number of nitro benzene ring substituents is 1. The Kier molecular flexibility index (Phi) is 5.94. The van der Waals surface area contributed by atoms with E-state index in [1.165, 1.54) is 38.5 Å². The summed E-state index contributed by atoms with van der Waals surface area (Å²) < 4.78 is 37.6. The number of sulfonamides is 1. The molecule has 26 heavy (non-hydrogen) atoms. The number of methoxy groups -OCH3 is 2. The van der Waals surface area contributed by atoms with Gasteiger partial charge in [-0.05, 0) is 19.1 Å². The summed E-state index contributed by atoms with van der Waals surface area (Å²) >= 11 is 6.07. The van der Waals surface area contributed by atoms with Crippen LogP contribution in [0.1, 0.15) is 6.92 Å². The minimum atomic E-state index is -3.98. The SMILES string of the molecule is CCN(c1cc(OC)c(Cl)cc1OC)S(=O)(=O)c1ccc([N+](=O)[O-])cc1. The van der Waals surface area contributed by atoms with Gasteiger partial charge < -0.3 is 9.47 Å². The van der Waals surface area contributed by atoms with Gasteiger partial charge in [-0.15, -0.1) is 0 Å². The third-order valence-corrected chi connectivity index (χ3v) is 5.84. The Bertz CT molecular complexity index is 915. The Labute approximate surface area is 156 Å². The summed E-state index contributed by atoms with van der Waals surface area (Å²) in [5, 5.41) is 11.0. The van der Waals surface area contributed by atoms with Crippen molar-refractivity contribution in [2.75, 3.05) is 25.1 Å². The maximum Gasteiger partial charge on any atom is 0.269 e. The Balaban J connectivity index is 2.58. The number of anilines is 1. The highest BCUT2D eigenvalue weighted by atomic mass is 35.5. The zero-order valence-electron chi connectivity index (χ0n) is 14.3. The Morgan fingerprint density at radius 1 is 1.12 bits per heavy atom. The molecule has 0 unspecified atom stereocenters. The van der Waals surface area contributed by atoms with E-state index in [1.54, 1.807) is 6.92 Å². The van der Waals surface area contributed by atoms with Gasteiger partial charge in [-0.1, -0.05) is 11.6 Å². The number of halogens is 1. The lowest BCUT2D eigenvalue weighted by atomic mass is 10.2. The van der Waals surface area contributed by atoms with Crippen molar-refractivity contribution in [3.05, 3.63) is 51.5 Å². The zero-order valence-corrected chi connectivity index (χ0v) is 15.9. The summed E-state index contributed by atoms with van der Waals surface area (Å²) in [7, 11) is -1.17. The third kappa shape index (κ3) is 3.68. The molecule has 2 aromatic rings. The van der Waals surface area contributed by atoms with Gasteiger partial charge >= 0.3 is 0 Å². The molecule has 0 atom stereocenters. The number of nitro groups is 1. The summed E-state index contributed by atoms with van der Waals surface area (Å²) in [4.78, 5) is 10.1. The van der Waals surface area contributed by atoms with Crippen LogP contribution in [0.4, 0.5) is 11.4 Å². The molecule has 10 heteroatoms. The van der Waals surface area contributed by atoms with Crippen molar-refractivity contribution < 1.29 is 22.8 Å². The van der Waals surface area contributed by atoms with Gasteiger partial charge in [-0.3, -0.25) is 14.4 Å². The first-order valence-corrected chi connectivity index (χ1v) is 9.26. The fraction of sp³-hybridized carbons (Fsp3) is 0.250. The van der Waals surface area contributed by atoms with Crippen molar-refractivity contribution >= 4 is 33.0 Å². The normalized spacial score (nSPS) is 11.1. The quantitative estimate of drug-likeness (QED) is 0.521. The van der Waals surface area contributed by atoms with E-state index in [2.05, 4.69) is 0 Å². The van der Waals surface area contributed by atoms with Gasteiger partial charge in [0.05, 0.1) is 34.7 Å². The van der Waals surface area contributed by atoms with Crippen LogP contribution in [0.5, 0.6) is 11.5 Å². The van der Waals surface area contributed by atoms with Crippen molar-refractivity contribution in [3.8, 4) is 11.5 Å². The minimum Gasteiger partial charge on any atom is -0.495 e. The monoisotopic (exact) mass is 400 g/mol. The van der Waals surface area contributed by atoms with Crippen LogP contribution in [-0.2, 0) is 10.0 Å². The van der Waals surface area contributed by atoms with E-state index in [1.807, 2.05) is 0 Å². The zero-order chi connectivity index (χ0) is 19.5. The van der Waals surface area contributed by atoms with Gasteiger partial charge in [0.1, 0.15) is 11.5 Å². The Morgan fingerprint density at radius 2 is 1.69 bits per heavy atom. The van der Waals surface area contributed by atoms with Crippen molar-refractivity contribution in [1.29, 1.82) is 0 Å². The van der Waals surface area contributed by atoms with Crippen LogP contribution >= 0.6 is 11.6 Å². The molecule has 0 spiro atoms. The van der Waals surface area contributed by atoms with E-state index in [-0.39, 0.29) is 33.6 Å². The second kappa shape index (κ2) is 7.79. The van der Waals surface area contributed by atoms with E-state index < -0.39 is 14.9 Å². The van der Waals surface area contributed by atoms with Crippen molar-refractivity contribution in [2.45, 2.75) is 11.8 Å². The molecule has 0 saturated heterocycles. The van der Waals surface area contributed by atoms with E-state index in [4.69, 9.17) is 21.1 Å². The number of hydrogen-bond acceptors (Lipinski definition) is 6. The maximum atomic E-state index is 13.0. The lowest BCUT2D eigenvalue weighted by molar-refractivity contribution is -0.384. The summed E-state index contributed by atoms with van der Waals surface area (Å²) in [6.07, 6.45) is 0. The number of ether oxygens (including phenoxy) is 2. The number of nitrogens with zero attached hydrogens (tertiary/aromatic N) is 2. The first kappa shape index (κ1) is 19.8. The minimum absolute atomic E-state index is 0.0825. The maximum absolute atomic E-state index is 13.0. The molecule has 0 N–H and O–H groups in total. The Morgan fingerprint density at radius 3 is 2.15 bits per heavy atom. The molecule has 0 aromatic heterocycles. The van der Waals surface area contributed by atoms with Crippen LogP contribution in [0.2, 0.25) is 5.02 Å². The molecule has 2 aromatic carbocycles. The molecule has 0 fully saturated rings. The lowest BCUT2D eigenvalue weighted by Gasteiger charge is -2.25. The van der Waals surface area contributed by atoms with E-state index in [0.717, 1.165) is 16.4 Å². The molecule has 0 radical (unpaired) electrons. The average Bonchev–Trinajstić information content (AvgIpc) is 2.62. The predicted molar refractivity (Wildman–Crippen MR) is 97.9 cm³/mol. The highest BCUT2D eigenvalue weighted by molar-refractivity contribution is 7.92. The van der Waals surface area contributed by atoms with Crippen molar-refractivity contribution in [3.63, 3.8) is 0 Å². The summed E-state index contributed by atoms with van der Waals surface area (Å²) in [5.41, 5.74) is 0.0485. The van der Waals surface area contributed by atoms with Crippen LogP contribution in [-0.4, -0.2) is 34.1 Å². The molecule has 0 heterocycles. The molecule has 0 aliphatic rings. The van der Waals surface area contributed by atoms with E-state index >= 15 is 0 Å². The van der Waals surface area contributed by atoms with Crippen molar-refractivity contribution in [2.24, 2.45) is 0 Å². The van der Waals surface area contributed by atoms with Gasteiger partial charge in [0.25, 0.3) is 15.7 Å². The number of hydrogen-bond donors (Lipinski definition) is 0. The van der Waals surface area contributed by atoms with Crippen LogP contribution in [0.15, 0.2) is 41.3 Å². The van der Waals surface area contributed by atoms with Gasteiger partial charge in [-0.2, -0.15) is 0 Å². The second-order valence-corrected chi connectivity index (χ2v) is 7.35. The van der Waals surface area contributed by atoms with Crippen LogP contribution in [0.25, 0.3) is 0 Å². The standard InChI is InChI=1S/C16H17ClN2O6S/c1-4-18(14-10-15(24-2)13(17)9-16(14)25-3)26(22,23)12-7-5-11(6-8-12)19(20)21/h5-10H,4H2,1-3H3. The largest absolute Gasteiger partial charge is 0.495 e. The molecule has 0 amide bonds. The van der Waals surface area contributed by atoms with Gasteiger partial charge in [-0.25, -0.2) is 8.42 Å². The van der Waals surface area contributed by atoms with Crippen molar-refractivity contribution in [1.82, 2.24) is 0 Å². The van der Waals surface area contributed by atoms with Crippen LogP contribution in [0, 0.1) is 10.1 Å². The number of rotatable bonds is 7. The highest BCUT2D eigenvalue weighted by Crippen LogP contribution is 2.40. The molecule has 0 aliphatic heterocycles. The molecule has 2 rings (SSSR count). The van der Waals surface area contributed by atoms with Gasteiger partial charge in [0.15, 0.2) is 0 Å². The molecular weight excluding hydrogens is 384 g/mol. The average molecular weight is 401 g/mol. The van der Waals surface area contributed by atoms with Gasteiger partial charge in [0.2, 0.25) is 0 Å². The molecule has 0 saturated carbocycles. The fourth-order valence-electron chi connectivity index (χ4n) is 2.38. The lowest BCUT2D eigenvalue weighted by Crippen LogP contribution is -2.31. The van der Waals surface area contributed by atoms with Crippen LogP contribution < -0.4 is 13.8 Å². The molecular formula is C16H17ClN2O6S. The third-order valence-electron chi connectivity index (χ3n) is 3.64. The highest BCUT2D eigenvalue weighted by Gasteiger charge is 2.27. The summed E-state index contributed by atoms with van der Waals surface area (Å²) in [6, 6.07) is 7.59.